The van der Waals surface area contributed by atoms with Crippen molar-refractivity contribution in [2.75, 3.05) is 7.05 Å². The molecule has 2 heteroatoms. The highest BCUT2D eigenvalue weighted by molar-refractivity contribution is 5.04. The largest absolute Gasteiger partial charge is 0.393 e. The van der Waals surface area contributed by atoms with Crippen LogP contribution in [0.4, 0.5) is 0 Å². The fraction of sp³-hybridized carbons (Fsp3) is 1.00. The molecule has 178 valence electrons. The second kappa shape index (κ2) is 15.7. The first kappa shape index (κ1) is 26.2. The van der Waals surface area contributed by atoms with Gasteiger partial charge in [-0.15, -0.1) is 0 Å². The molecule has 2 nitrogen and oxygen atoms in total. The molecule has 30 heavy (non-hydrogen) atoms. The van der Waals surface area contributed by atoms with E-state index < -0.39 is 0 Å². The van der Waals surface area contributed by atoms with Gasteiger partial charge in [-0.05, 0) is 39.2 Å². The van der Waals surface area contributed by atoms with Crippen molar-refractivity contribution in [3.63, 3.8) is 0 Å². The first-order valence-corrected chi connectivity index (χ1v) is 14.1. The molecule has 2 fully saturated rings. The number of nitrogens with zero attached hydrogens (tertiary/aromatic N) is 1. The summed E-state index contributed by atoms with van der Waals surface area (Å²) in [6.07, 6.45) is 32.0. The van der Waals surface area contributed by atoms with Crippen LogP contribution in [0.3, 0.4) is 0 Å². The topological polar surface area (TPSA) is 23.5 Å². The first-order chi connectivity index (χ1) is 14.7. The Bertz CT molecular complexity index is 411. The summed E-state index contributed by atoms with van der Waals surface area (Å²) in [7, 11) is 2.32. The number of hydrogen-bond donors (Lipinski definition) is 1. The van der Waals surface area contributed by atoms with Gasteiger partial charge in [0.15, 0.2) is 0 Å². The van der Waals surface area contributed by atoms with Gasteiger partial charge in [0.05, 0.1) is 6.10 Å². The van der Waals surface area contributed by atoms with Crippen LogP contribution >= 0.6 is 0 Å². The van der Waals surface area contributed by atoms with Crippen molar-refractivity contribution in [3.05, 3.63) is 0 Å². The Labute approximate surface area is 189 Å². The van der Waals surface area contributed by atoms with Crippen molar-refractivity contribution in [3.8, 4) is 0 Å². The van der Waals surface area contributed by atoms with E-state index in [1.165, 1.54) is 135 Å². The number of rotatable bonds is 19. The highest BCUT2D eigenvalue weighted by atomic mass is 16.3. The van der Waals surface area contributed by atoms with E-state index in [1.54, 1.807) is 0 Å². The Morgan fingerprint density at radius 3 is 1.60 bits per heavy atom. The van der Waals surface area contributed by atoms with E-state index in [4.69, 9.17) is 0 Å². The van der Waals surface area contributed by atoms with Crippen molar-refractivity contribution in [2.24, 2.45) is 0 Å². The fourth-order valence-electron chi connectivity index (χ4n) is 6.31. The molecule has 0 saturated carbocycles. The molecule has 0 aromatic rings. The van der Waals surface area contributed by atoms with Gasteiger partial charge in [-0.2, -0.15) is 0 Å². The highest BCUT2D eigenvalue weighted by Gasteiger charge is 2.48. The average molecular weight is 422 g/mol. The molecule has 0 amide bonds. The quantitative estimate of drug-likeness (QED) is 0.212. The summed E-state index contributed by atoms with van der Waals surface area (Å²) in [4.78, 5) is 2.63. The van der Waals surface area contributed by atoms with E-state index in [-0.39, 0.29) is 6.10 Å². The number of unbranched alkanes of at least 4 members (excludes halogenated alkanes) is 17. The zero-order valence-corrected chi connectivity index (χ0v) is 20.8. The molecule has 2 bridgehead atoms. The molecule has 2 aliphatic heterocycles. The molecule has 2 saturated heterocycles. The number of fused-ring (bicyclic) bond motifs is 2. The lowest BCUT2D eigenvalue weighted by atomic mass is 9.82. The van der Waals surface area contributed by atoms with Gasteiger partial charge in [-0.3, -0.25) is 4.90 Å². The van der Waals surface area contributed by atoms with Gasteiger partial charge < -0.3 is 5.11 Å². The van der Waals surface area contributed by atoms with E-state index in [0.717, 1.165) is 12.8 Å². The van der Waals surface area contributed by atoms with Gasteiger partial charge >= 0.3 is 0 Å². The van der Waals surface area contributed by atoms with Gasteiger partial charge in [0, 0.05) is 11.6 Å². The van der Waals surface area contributed by atoms with E-state index in [9.17, 15) is 5.11 Å². The summed E-state index contributed by atoms with van der Waals surface area (Å²) in [5, 5.41) is 10.2. The van der Waals surface area contributed by atoms with Crippen LogP contribution < -0.4 is 0 Å². The smallest absolute Gasteiger partial charge is 0.0572 e. The maximum atomic E-state index is 10.2. The summed E-state index contributed by atoms with van der Waals surface area (Å²) in [6.45, 7) is 2.30. The Kier molecular flexibility index (Phi) is 13.7. The van der Waals surface area contributed by atoms with Gasteiger partial charge in [0.25, 0.3) is 0 Å². The maximum Gasteiger partial charge on any atom is 0.0572 e. The standard InChI is InChI=1S/C28H55NO/c1-3-4-5-6-7-8-9-10-11-12-13-14-15-16-17-18-19-20-22-28-23-21-26(29(28)2)24-27(30)25-28/h26-27,30H,3-25H2,1-2H3. The molecule has 0 aliphatic carbocycles. The average Bonchev–Trinajstić information content (AvgIpc) is 2.91. The third-order valence-corrected chi connectivity index (χ3v) is 8.39. The SMILES string of the molecule is CCCCCCCCCCCCCCCCCCCCC12CCC(CC(O)C1)N2C. The van der Waals surface area contributed by atoms with Gasteiger partial charge in [-0.1, -0.05) is 122 Å². The zero-order chi connectivity index (χ0) is 21.5. The summed E-state index contributed by atoms with van der Waals surface area (Å²) in [5.74, 6) is 0. The number of hydrogen-bond acceptors (Lipinski definition) is 2. The maximum absolute atomic E-state index is 10.2. The van der Waals surface area contributed by atoms with E-state index in [1.807, 2.05) is 0 Å². The molecule has 2 rings (SSSR count). The minimum atomic E-state index is -0.0377. The minimum Gasteiger partial charge on any atom is -0.393 e. The van der Waals surface area contributed by atoms with Crippen LogP contribution in [0.2, 0.25) is 0 Å². The molecular formula is C28H55NO. The van der Waals surface area contributed by atoms with Crippen molar-refractivity contribution in [2.45, 2.75) is 172 Å². The molecule has 0 aromatic heterocycles. The zero-order valence-electron chi connectivity index (χ0n) is 20.8. The Hall–Kier alpha value is -0.0800. The second-order valence-electron chi connectivity index (χ2n) is 10.9. The van der Waals surface area contributed by atoms with E-state index in [2.05, 4.69) is 18.9 Å². The lowest BCUT2D eigenvalue weighted by Crippen LogP contribution is -2.51. The molecule has 0 aromatic carbocycles. The normalized spacial score (nSPS) is 26.5. The summed E-state index contributed by atoms with van der Waals surface area (Å²) in [5.41, 5.74) is 0.345. The van der Waals surface area contributed by atoms with Gasteiger partial charge in [0.2, 0.25) is 0 Å². The molecule has 1 N–H and O–H groups in total. The van der Waals surface area contributed by atoms with Crippen LogP contribution in [0.1, 0.15) is 155 Å². The molecule has 0 radical (unpaired) electrons. The number of aliphatic hydroxyl groups excluding tert-OH is 1. The van der Waals surface area contributed by atoms with Crippen molar-refractivity contribution in [1.29, 1.82) is 0 Å². The van der Waals surface area contributed by atoms with Crippen LogP contribution in [-0.4, -0.2) is 34.7 Å². The molecule has 3 atom stereocenters. The Morgan fingerprint density at radius 1 is 0.700 bits per heavy atom. The molecular weight excluding hydrogens is 366 g/mol. The third-order valence-electron chi connectivity index (χ3n) is 8.39. The van der Waals surface area contributed by atoms with Crippen LogP contribution in [0, 0.1) is 0 Å². The Balaban J connectivity index is 1.30. The summed E-state index contributed by atoms with van der Waals surface area (Å²) in [6, 6.07) is 0.657. The monoisotopic (exact) mass is 421 g/mol. The van der Waals surface area contributed by atoms with Gasteiger partial charge in [-0.25, -0.2) is 0 Å². The van der Waals surface area contributed by atoms with Crippen molar-refractivity contribution >= 4 is 0 Å². The predicted octanol–water partition coefficient (Wildman–Crippen LogP) is 8.41. The van der Waals surface area contributed by atoms with Crippen molar-refractivity contribution < 1.29 is 5.11 Å². The van der Waals surface area contributed by atoms with Gasteiger partial charge in [0.1, 0.15) is 0 Å². The third kappa shape index (κ3) is 9.60. The molecule has 3 unspecified atom stereocenters. The highest BCUT2D eigenvalue weighted by Crippen LogP contribution is 2.45. The molecule has 0 spiro atoms. The lowest BCUT2D eigenvalue weighted by molar-refractivity contribution is -0.00894. The minimum absolute atomic E-state index is 0.0377. The first-order valence-electron chi connectivity index (χ1n) is 14.1. The predicted molar refractivity (Wildman–Crippen MR) is 132 cm³/mol. The van der Waals surface area contributed by atoms with Crippen LogP contribution in [0.25, 0.3) is 0 Å². The summed E-state index contributed by atoms with van der Waals surface area (Å²) < 4.78 is 0. The molecule has 2 aliphatic rings. The van der Waals surface area contributed by atoms with Crippen LogP contribution in [0.15, 0.2) is 0 Å². The number of piperidine rings is 1. The Morgan fingerprint density at radius 2 is 1.13 bits per heavy atom. The summed E-state index contributed by atoms with van der Waals surface area (Å²) >= 11 is 0. The number of aliphatic hydroxyl groups is 1. The lowest BCUT2D eigenvalue weighted by Gasteiger charge is -2.45. The van der Waals surface area contributed by atoms with E-state index >= 15 is 0 Å². The fourth-order valence-corrected chi connectivity index (χ4v) is 6.31. The van der Waals surface area contributed by atoms with Crippen LogP contribution in [0.5, 0.6) is 0 Å². The van der Waals surface area contributed by atoms with Crippen molar-refractivity contribution in [1.82, 2.24) is 4.90 Å². The second-order valence-corrected chi connectivity index (χ2v) is 10.9. The van der Waals surface area contributed by atoms with E-state index in [0.29, 0.717) is 11.6 Å². The molecule has 2 heterocycles. The van der Waals surface area contributed by atoms with Crippen LogP contribution in [-0.2, 0) is 0 Å².